The number of aryl methyl sites for hydroxylation is 2. The standard InChI is InChI=1S/C40H44F2N6O5/c1-6-8-16-48(22-49)37-33-36(34(42)35(43-38(33)51-5)28-19-26(50)18-25-12-13-30(41)27(7-2)32(25)28)44-39(45-37)52-21-40-14-9-11-31(40)47(17-10-15-40)20-29-23(3)46-53-24(29)4/h2,12-13,18-19,31,49-50H,6,8-11,14-17,20-22H2,1,3-5H3. The third-order valence-corrected chi connectivity index (χ3v) is 11.1. The fourth-order valence-electron chi connectivity index (χ4n) is 8.41. The highest BCUT2D eigenvalue weighted by molar-refractivity contribution is 6.04. The summed E-state index contributed by atoms with van der Waals surface area (Å²) in [5.41, 5.74) is 1.37. The highest BCUT2D eigenvalue weighted by atomic mass is 19.1. The average molecular weight is 727 g/mol. The van der Waals surface area contributed by atoms with Gasteiger partial charge >= 0.3 is 6.01 Å². The third-order valence-electron chi connectivity index (χ3n) is 11.1. The van der Waals surface area contributed by atoms with Crippen molar-refractivity contribution < 1.29 is 33.0 Å². The van der Waals surface area contributed by atoms with Crippen LogP contribution >= 0.6 is 0 Å². The minimum Gasteiger partial charge on any atom is -0.508 e. The van der Waals surface area contributed by atoms with Crippen LogP contribution in [0.25, 0.3) is 32.9 Å². The number of hydrogen-bond donors (Lipinski definition) is 2. The number of phenolic OH excluding ortho intramolecular Hbond substituents is 1. The number of aromatic hydroxyl groups is 1. The van der Waals surface area contributed by atoms with E-state index >= 15 is 8.78 Å². The lowest BCUT2D eigenvalue weighted by molar-refractivity contribution is -0.00479. The van der Waals surface area contributed by atoms with Gasteiger partial charge in [-0.25, -0.2) is 13.8 Å². The third kappa shape index (κ3) is 6.48. The summed E-state index contributed by atoms with van der Waals surface area (Å²) in [4.78, 5) is 18.1. The second-order valence-corrected chi connectivity index (χ2v) is 14.2. The SMILES string of the molecule is C#Cc1c(F)ccc2cc(O)cc(-c3nc(OC)c4c(N(CO)CCCC)nc(OCC56CCCC5N(Cc5c(C)noc5C)CCC6)nc4c3F)c12. The van der Waals surface area contributed by atoms with Gasteiger partial charge in [-0.15, -0.1) is 6.42 Å². The van der Waals surface area contributed by atoms with E-state index in [1.54, 1.807) is 4.90 Å². The number of unbranched alkanes of at least 4 members (excludes halogenated alkanes) is 1. The van der Waals surface area contributed by atoms with E-state index in [-0.39, 0.29) is 68.0 Å². The highest BCUT2D eigenvalue weighted by Gasteiger charge is 2.48. The number of methoxy groups -OCH3 is 1. The van der Waals surface area contributed by atoms with Crippen molar-refractivity contribution in [2.45, 2.75) is 78.3 Å². The van der Waals surface area contributed by atoms with Crippen LogP contribution in [-0.2, 0) is 6.54 Å². The van der Waals surface area contributed by atoms with E-state index in [0.717, 1.165) is 75.1 Å². The monoisotopic (exact) mass is 726 g/mol. The molecule has 13 heteroatoms. The largest absolute Gasteiger partial charge is 0.508 e. The number of aliphatic hydroxyl groups excluding tert-OH is 1. The number of phenols is 1. The van der Waals surface area contributed by atoms with Crippen molar-refractivity contribution in [2.24, 2.45) is 5.41 Å². The maximum absolute atomic E-state index is 17.2. The molecule has 2 unspecified atom stereocenters. The molecule has 0 bridgehead atoms. The minimum atomic E-state index is -0.873. The lowest BCUT2D eigenvalue weighted by Gasteiger charge is -2.46. The van der Waals surface area contributed by atoms with Crippen LogP contribution in [-0.4, -0.2) is 74.8 Å². The molecule has 1 aliphatic carbocycles. The van der Waals surface area contributed by atoms with Crippen molar-refractivity contribution in [3.63, 3.8) is 0 Å². The van der Waals surface area contributed by atoms with E-state index in [1.165, 1.54) is 31.4 Å². The number of piperidine rings is 1. The maximum atomic E-state index is 17.2. The van der Waals surface area contributed by atoms with Crippen LogP contribution in [0.4, 0.5) is 14.6 Å². The van der Waals surface area contributed by atoms with Gasteiger partial charge in [0.25, 0.3) is 0 Å². The van der Waals surface area contributed by atoms with Crippen molar-refractivity contribution in [2.75, 3.05) is 38.4 Å². The van der Waals surface area contributed by atoms with E-state index < -0.39 is 18.4 Å². The molecule has 0 amide bonds. The van der Waals surface area contributed by atoms with Gasteiger partial charge in [-0.2, -0.15) is 9.97 Å². The molecule has 0 spiro atoms. The Morgan fingerprint density at radius 3 is 2.66 bits per heavy atom. The van der Waals surface area contributed by atoms with Crippen molar-refractivity contribution in [1.29, 1.82) is 0 Å². The zero-order valence-electron chi connectivity index (χ0n) is 30.5. The highest BCUT2D eigenvalue weighted by Crippen LogP contribution is 2.49. The van der Waals surface area contributed by atoms with Crippen LogP contribution in [0.3, 0.4) is 0 Å². The van der Waals surface area contributed by atoms with Crippen molar-refractivity contribution in [1.82, 2.24) is 25.0 Å². The number of benzene rings is 2. The van der Waals surface area contributed by atoms with Crippen LogP contribution in [0, 0.1) is 43.2 Å². The first-order chi connectivity index (χ1) is 25.6. The number of hydrogen-bond acceptors (Lipinski definition) is 11. The van der Waals surface area contributed by atoms with Crippen LogP contribution in [0.2, 0.25) is 0 Å². The van der Waals surface area contributed by atoms with Crippen molar-refractivity contribution in [3.8, 4) is 41.2 Å². The van der Waals surface area contributed by atoms with Crippen LogP contribution in [0.1, 0.15) is 74.5 Å². The molecule has 53 heavy (non-hydrogen) atoms. The Hall–Kier alpha value is -5.06. The van der Waals surface area contributed by atoms with Gasteiger partial charge in [0.1, 0.15) is 40.7 Å². The topological polar surface area (TPSA) is 130 Å². The number of aliphatic hydroxyl groups is 1. The number of nitrogens with zero attached hydrogens (tertiary/aromatic N) is 6. The molecule has 2 atom stereocenters. The average Bonchev–Trinajstić information content (AvgIpc) is 3.74. The molecule has 1 aliphatic heterocycles. The summed E-state index contributed by atoms with van der Waals surface area (Å²) in [6.07, 6.45) is 12.3. The predicted molar refractivity (Wildman–Crippen MR) is 197 cm³/mol. The van der Waals surface area contributed by atoms with E-state index in [1.807, 2.05) is 20.8 Å². The van der Waals surface area contributed by atoms with Crippen molar-refractivity contribution >= 4 is 27.5 Å². The molecule has 5 aromatic rings. The van der Waals surface area contributed by atoms with Gasteiger partial charge in [0, 0.05) is 41.1 Å². The Balaban J connectivity index is 1.35. The number of terminal acetylenes is 1. The second-order valence-electron chi connectivity index (χ2n) is 14.2. The quantitative estimate of drug-likeness (QED) is 0.100. The minimum absolute atomic E-state index is 0.0280. The fraction of sp³-hybridized carbons (Fsp3) is 0.450. The molecule has 278 valence electrons. The van der Waals surface area contributed by atoms with Crippen LogP contribution in [0.15, 0.2) is 28.8 Å². The van der Waals surface area contributed by atoms with E-state index in [2.05, 4.69) is 25.9 Å². The summed E-state index contributed by atoms with van der Waals surface area (Å²) < 4.78 is 49.9. The Labute approximate surface area is 306 Å². The summed E-state index contributed by atoms with van der Waals surface area (Å²) in [6, 6.07) is 5.56. The predicted octanol–water partition coefficient (Wildman–Crippen LogP) is 7.19. The maximum Gasteiger partial charge on any atom is 0.319 e. The molecule has 7 rings (SSSR count). The number of likely N-dealkylation sites (tertiary alicyclic amines) is 1. The zero-order valence-corrected chi connectivity index (χ0v) is 30.5. The summed E-state index contributed by atoms with van der Waals surface area (Å²) in [5, 5.41) is 26.1. The molecule has 2 N–H and O–H groups in total. The Bertz CT molecular complexity index is 2200. The van der Waals surface area contributed by atoms with Gasteiger partial charge in [0.05, 0.1) is 25.0 Å². The number of halogens is 2. The van der Waals surface area contributed by atoms with E-state index in [0.29, 0.717) is 18.5 Å². The second kappa shape index (κ2) is 14.8. The number of rotatable bonds is 12. The Kier molecular flexibility index (Phi) is 10.1. The van der Waals surface area contributed by atoms with Gasteiger partial charge in [-0.3, -0.25) is 4.90 Å². The summed E-state index contributed by atoms with van der Waals surface area (Å²) in [7, 11) is 1.39. The van der Waals surface area contributed by atoms with Crippen LogP contribution < -0.4 is 14.4 Å². The Morgan fingerprint density at radius 1 is 1.13 bits per heavy atom. The molecule has 4 heterocycles. The van der Waals surface area contributed by atoms with Gasteiger partial charge in [0.15, 0.2) is 11.6 Å². The number of fused-ring (bicyclic) bond motifs is 3. The van der Waals surface area contributed by atoms with Crippen LogP contribution in [0.5, 0.6) is 17.6 Å². The number of ether oxygens (including phenoxy) is 2. The number of anilines is 1. The first-order valence-electron chi connectivity index (χ1n) is 18.1. The molecule has 1 saturated heterocycles. The van der Waals surface area contributed by atoms with Gasteiger partial charge in [0.2, 0.25) is 5.88 Å². The Morgan fingerprint density at radius 2 is 1.94 bits per heavy atom. The molecule has 0 radical (unpaired) electrons. The lowest BCUT2D eigenvalue weighted by atomic mass is 9.75. The summed E-state index contributed by atoms with van der Waals surface area (Å²) >= 11 is 0. The first-order valence-corrected chi connectivity index (χ1v) is 18.1. The smallest absolute Gasteiger partial charge is 0.319 e. The fourth-order valence-corrected chi connectivity index (χ4v) is 8.41. The normalized spacial score (nSPS) is 18.7. The molecule has 2 aromatic carbocycles. The summed E-state index contributed by atoms with van der Waals surface area (Å²) in [5.74, 6) is 1.63. The zero-order chi connectivity index (χ0) is 37.4. The molecule has 2 aliphatic rings. The molecule has 3 aromatic heterocycles. The van der Waals surface area contributed by atoms with Gasteiger partial charge < -0.3 is 29.1 Å². The van der Waals surface area contributed by atoms with E-state index in [4.69, 9.17) is 25.4 Å². The molecule has 1 saturated carbocycles. The molecular formula is C40H44F2N6O5. The summed E-state index contributed by atoms with van der Waals surface area (Å²) in [6.45, 7) is 7.94. The van der Waals surface area contributed by atoms with Gasteiger partial charge in [-0.1, -0.05) is 36.9 Å². The van der Waals surface area contributed by atoms with Crippen molar-refractivity contribution in [3.05, 3.63) is 58.5 Å². The number of aromatic nitrogens is 4. The van der Waals surface area contributed by atoms with E-state index in [9.17, 15) is 10.2 Å². The van der Waals surface area contributed by atoms with Gasteiger partial charge in [-0.05, 0) is 76.1 Å². The molecule has 11 nitrogen and oxygen atoms in total. The lowest BCUT2D eigenvalue weighted by Crippen LogP contribution is -2.51. The molecular weight excluding hydrogens is 682 g/mol. The molecule has 2 fully saturated rings. The first kappa shape index (κ1) is 36.3. The number of pyridine rings is 1.